The zero-order chi connectivity index (χ0) is 20.0. The summed E-state index contributed by atoms with van der Waals surface area (Å²) in [6.07, 6.45) is 2.08. The van der Waals surface area contributed by atoms with Crippen LogP contribution in [0.2, 0.25) is 0 Å². The fourth-order valence-corrected chi connectivity index (χ4v) is 4.18. The molecule has 1 heterocycles. The molecule has 3 heteroatoms. The van der Waals surface area contributed by atoms with E-state index in [-0.39, 0.29) is 10.8 Å². The lowest BCUT2D eigenvalue weighted by Crippen LogP contribution is -2.16. The van der Waals surface area contributed by atoms with Gasteiger partial charge in [-0.1, -0.05) is 77.9 Å². The summed E-state index contributed by atoms with van der Waals surface area (Å²) in [5, 5.41) is 2.06. The zero-order valence-corrected chi connectivity index (χ0v) is 19.0. The van der Waals surface area contributed by atoms with Crippen molar-refractivity contribution in [1.82, 2.24) is 4.57 Å². The van der Waals surface area contributed by atoms with Gasteiger partial charge < -0.3 is 0 Å². The quantitative estimate of drug-likeness (QED) is 0.400. The largest absolute Gasteiger partial charge is 0.298 e. The van der Waals surface area contributed by atoms with E-state index in [1.165, 1.54) is 33.5 Å². The van der Waals surface area contributed by atoms with Crippen LogP contribution in [0.15, 0.2) is 48.0 Å². The molecule has 1 nitrogen and oxygen atoms in total. The van der Waals surface area contributed by atoms with Gasteiger partial charge in [0, 0.05) is 17.1 Å². The summed E-state index contributed by atoms with van der Waals surface area (Å²) >= 11 is 7.19. The first-order valence-corrected chi connectivity index (χ1v) is 10.7. The van der Waals surface area contributed by atoms with Gasteiger partial charge in [-0.15, -0.1) is 11.3 Å². The van der Waals surface area contributed by atoms with Crippen molar-refractivity contribution in [2.24, 2.45) is 0 Å². The summed E-state index contributed by atoms with van der Waals surface area (Å²) < 4.78 is 3.03. The van der Waals surface area contributed by atoms with Crippen molar-refractivity contribution in [2.75, 3.05) is 0 Å². The Kier molecular flexibility index (Phi) is 5.22. The van der Waals surface area contributed by atoms with Gasteiger partial charge in [-0.3, -0.25) is 4.57 Å². The van der Waals surface area contributed by atoms with Gasteiger partial charge in [0.1, 0.15) is 0 Å². The lowest BCUT2D eigenvalue weighted by atomic mass is 9.78. The Balaban J connectivity index is 2.34. The van der Waals surface area contributed by atoms with Crippen LogP contribution in [0.25, 0.3) is 16.8 Å². The van der Waals surface area contributed by atoms with E-state index in [9.17, 15) is 0 Å². The number of rotatable bonds is 2. The minimum absolute atomic E-state index is 0.0959. The molecule has 0 saturated carbocycles. The van der Waals surface area contributed by atoms with Crippen LogP contribution in [0.1, 0.15) is 58.2 Å². The highest BCUT2D eigenvalue weighted by Gasteiger charge is 2.22. The maximum atomic E-state index is 5.59. The number of para-hydroxylation sites is 1. The van der Waals surface area contributed by atoms with E-state index in [0.717, 1.165) is 3.95 Å². The van der Waals surface area contributed by atoms with E-state index in [0.29, 0.717) is 0 Å². The third-order valence-corrected chi connectivity index (χ3v) is 6.17. The van der Waals surface area contributed by atoms with Crippen molar-refractivity contribution < 1.29 is 0 Å². The summed E-state index contributed by atoms with van der Waals surface area (Å²) in [7, 11) is 0. The van der Waals surface area contributed by atoms with Crippen molar-refractivity contribution >= 4 is 23.6 Å². The minimum Gasteiger partial charge on any atom is -0.298 e. The van der Waals surface area contributed by atoms with E-state index >= 15 is 0 Å². The average molecular weight is 396 g/mol. The Morgan fingerprint density at radius 1 is 0.889 bits per heavy atom. The number of aryl methyl sites for hydroxylation is 1. The van der Waals surface area contributed by atoms with Gasteiger partial charge in [-0.2, -0.15) is 0 Å². The van der Waals surface area contributed by atoms with Crippen LogP contribution in [0, 0.1) is 10.9 Å². The monoisotopic (exact) mass is 395 g/mol. The van der Waals surface area contributed by atoms with Crippen LogP contribution < -0.4 is 0 Å². The molecule has 142 valence electrons. The molecule has 0 aliphatic carbocycles. The van der Waals surface area contributed by atoms with Crippen LogP contribution >= 0.6 is 23.6 Å². The first-order valence-electron chi connectivity index (χ1n) is 9.41. The van der Waals surface area contributed by atoms with Crippen molar-refractivity contribution in [3.8, 4) is 16.8 Å². The van der Waals surface area contributed by atoms with Crippen LogP contribution in [0.3, 0.4) is 0 Å². The molecule has 0 radical (unpaired) electrons. The smallest absolute Gasteiger partial charge is 0.165 e. The van der Waals surface area contributed by atoms with E-state index in [1.807, 2.05) is 0 Å². The molecule has 1 aromatic heterocycles. The third-order valence-electron chi connectivity index (χ3n) is 5.03. The Morgan fingerprint density at radius 2 is 1.48 bits per heavy atom. The number of nitrogens with zero attached hydrogens (tertiary/aromatic N) is 1. The highest BCUT2D eigenvalue weighted by molar-refractivity contribution is 7.73. The van der Waals surface area contributed by atoms with Crippen LogP contribution in [-0.2, 0) is 10.8 Å². The second-order valence-corrected chi connectivity index (χ2v) is 10.8. The molecule has 27 heavy (non-hydrogen) atoms. The Labute approximate surface area is 172 Å². The van der Waals surface area contributed by atoms with Gasteiger partial charge in [-0.25, -0.2) is 0 Å². The molecule has 0 aliphatic rings. The van der Waals surface area contributed by atoms with Gasteiger partial charge in [0.25, 0.3) is 0 Å². The molecule has 2 aromatic carbocycles. The highest BCUT2D eigenvalue weighted by Crippen LogP contribution is 2.37. The molecular formula is C24H29NS2. The molecule has 0 N–H and O–H groups in total. The van der Waals surface area contributed by atoms with Gasteiger partial charge in [0.2, 0.25) is 0 Å². The first-order chi connectivity index (χ1) is 12.5. The molecule has 0 fully saturated rings. The fraction of sp³-hybridized carbons (Fsp3) is 0.375. The van der Waals surface area contributed by atoms with Crippen molar-refractivity contribution in [1.29, 1.82) is 0 Å². The normalized spacial score (nSPS) is 12.4. The van der Waals surface area contributed by atoms with Gasteiger partial charge in [-0.05, 0) is 52.2 Å². The van der Waals surface area contributed by atoms with Gasteiger partial charge >= 0.3 is 0 Å². The molecule has 3 aromatic rings. The molecule has 0 bridgehead atoms. The molecule has 0 unspecified atom stereocenters. The molecule has 0 amide bonds. The zero-order valence-electron chi connectivity index (χ0n) is 17.4. The lowest BCUT2D eigenvalue weighted by molar-refractivity contribution is 0.569. The predicted molar refractivity (Wildman–Crippen MR) is 122 cm³/mol. The molecule has 3 rings (SSSR count). The maximum Gasteiger partial charge on any atom is 0.165 e. The maximum absolute atomic E-state index is 5.59. The van der Waals surface area contributed by atoms with Crippen molar-refractivity contribution in [3.63, 3.8) is 0 Å². The SMILES string of the molecule is Cc1cccc(-c2cc(C(C)(C)C)cc(C(C)(C)C)c2)c1-n1ccsc1=S. The molecule has 0 aliphatic heterocycles. The van der Waals surface area contributed by atoms with Crippen LogP contribution in [0.5, 0.6) is 0 Å². The lowest BCUT2D eigenvalue weighted by Gasteiger charge is -2.27. The topological polar surface area (TPSA) is 4.93 Å². The summed E-state index contributed by atoms with van der Waals surface area (Å²) in [5.74, 6) is 0. The van der Waals surface area contributed by atoms with Crippen LogP contribution in [-0.4, -0.2) is 4.57 Å². The Hall–Kier alpha value is -1.71. The molecule has 0 atom stereocenters. The number of hydrogen-bond donors (Lipinski definition) is 0. The molecular weight excluding hydrogens is 366 g/mol. The van der Waals surface area contributed by atoms with Gasteiger partial charge in [0.05, 0.1) is 5.69 Å². The summed E-state index contributed by atoms with van der Waals surface area (Å²) in [4.78, 5) is 0. The Morgan fingerprint density at radius 3 is 1.96 bits per heavy atom. The van der Waals surface area contributed by atoms with Crippen molar-refractivity contribution in [2.45, 2.75) is 59.3 Å². The van der Waals surface area contributed by atoms with E-state index in [4.69, 9.17) is 12.2 Å². The number of aromatic nitrogens is 1. The second kappa shape index (κ2) is 7.03. The third kappa shape index (κ3) is 4.09. The van der Waals surface area contributed by atoms with E-state index < -0.39 is 0 Å². The Bertz CT molecular complexity index is 991. The first kappa shape index (κ1) is 20.0. The van der Waals surface area contributed by atoms with Gasteiger partial charge in [0.15, 0.2) is 3.95 Å². The summed E-state index contributed by atoms with van der Waals surface area (Å²) in [6, 6.07) is 13.6. The van der Waals surface area contributed by atoms with Crippen molar-refractivity contribution in [3.05, 3.63) is 68.6 Å². The fourth-order valence-electron chi connectivity index (χ4n) is 3.29. The van der Waals surface area contributed by atoms with Crippen LogP contribution in [0.4, 0.5) is 0 Å². The van der Waals surface area contributed by atoms with E-state index in [2.05, 4.69) is 101 Å². The number of hydrogen-bond acceptors (Lipinski definition) is 2. The standard InChI is InChI=1S/C24H29NS2/c1-16-9-8-10-20(21(16)25-11-12-27-22(25)26)17-13-18(23(2,3)4)15-19(14-17)24(5,6)7/h8-15H,1-7H3. The summed E-state index contributed by atoms with van der Waals surface area (Å²) in [6.45, 7) is 15.9. The second-order valence-electron chi connectivity index (χ2n) is 9.31. The predicted octanol–water partition coefficient (Wildman–Crippen LogP) is 7.84. The average Bonchev–Trinajstić information content (AvgIpc) is 2.98. The number of thiazole rings is 1. The molecule has 0 spiro atoms. The van der Waals surface area contributed by atoms with E-state index in [1.54, 1.807) is 11.3 Å². The number of benzene rings is 2. The molecule has 0 saturated heterocycles. The minimum atomic E-state index is 0.0959. The highest BCUT2D eigenvalue weighted by atomic mass is 32.1. The summed E-state index contributed by atoms with van der Waals surface area (Å²) in [5.41, 5.74) is 7.85.